The number of benzene rings is 1. The molecule has 76 valence electrons. The van der Waals surface area contributed by atoms with Gasteiger partial charge in [0.25, 0.3) is 0 Å². The van der Waals surface area contributed by atoms with Gasteiger partial charge < -0.3 is 4.74 Å². The molecule has 1 nitrogen and oxygen atoms in total. The van der Waals surface area contributed by atoms with Gasteiger partial charge in [-0.15, -0.1) is 0 Å². The highest BCUT2D eigenvalue weighted by Crippen LogP contribution is 2.47. The molecule has 0 N–H and O–H groups in total. The highest BCUT2D eigenvalue weighted by Gasteiger charge is 2.33. The minimum Gasteiger partial charge on any atom is -0.485 e. The maximum atomic E-state index is 5.86. The lowest BCUT2D eigenvalue weighted by Crippen LogP contribution is -1.95. The summed E-state index contributed by atoms with van der Waals surface area (Å²) in [4.78, 5) is 0. The molecule has 0 aromatic heterocycles. The topological polar surface area (TPSA) is 9.23 Å². The van der Waals surface area contributed by atoms with Gasteiger partial charge in [-0.2, -0.15) is 0 Å². The van der Waals surface area contributed by atoms with Gasteiger partial charge in [0.1, 0.15) is 6.10 Å². The minimum atomic E-state index is 0.146. The van der Waals surface area contributed by atoms with Crippen LogP contribution >= 0.6 is 15.9 Å². The van der Waals surface area contributed by atoms with Crippen molar-refractivity contribution in [1.82, 2.24) is 0 Å². The van der Waals surface area contributed by atoms with Gasteiger partial charge in [0, 0.05) is 15.6 Å². The molecular weight excluding hydrogens is 252 g/mol. The first-order valence-corrected chi connectivity index (χ1v) is 5.81. The lowest BCUT2D eigenvalue weighted by atomic mass is 10.0. The highest BCUT2D eigenvalue weighted by molar-refractivity contribution is 9.10. The standard InChI is InChI=1S/C13H11BrO/c1-7-8(2)15-13-11-4-3-10(14)5-9(11)6-12(7)13/h3-6,13H,1-2H3. The lowest BCUT2D eigenvalue weighted by molar-refractivity contribution is 0.173. The number of hydrogen-bond acceptors (Lipinski definition) is 1. The van der Waals surface area contributed by atoms with E-state index in [2.05, 4.69) is 47.1 Å². The van der Waals surface area contributed by atoms with Crippen molar-refractivity contribution < 1.29 is 4.74 Å². The van der Waals surface area contributed by atoms with Gasteiger partial charge in [-0.25, -0.2) is 0 Å². The minimum absolute atomic E-state index is 0.146. The number of ether oxygens (including phenoxy) is 1. The van der Waals surface area contributed by atoms with Crippen molar-refractivity contribution in [2.24, 2.45) is 0 Å². The molecule has 0 spiro atoms. The summed E-state index contributed by atoms with van der Waals surface area (Å²) in [7, 11) is 0. The van der Waals surface area contributed by atoms with E-state index in [0.717, 1.165) is 10.2 Å². The quantitative estimate of drug-likeness (QED) is 0.681. The van der Waals surface area contributed by atoms with Gasteiger partial charge in [-0.3, -0.25) is 0 Å². The highest BCUT2D eigenvalue weighted by atomic mass is 79.9. The fourth-order valence-electron chi connectivity index (χ4n) is 2.22. The Balaban J connectivity index is 2.16. The van der Waals surface area contributed by atoms with Crippen LogP contribution in [-0.2, 0) is 4.74 Å². The summed E-state index contributed by atoms with van der Waals surface area (Å²) >= 11 is 3.49. The summed E-state index contributed by atoms with van der Waals surface area (Å²) in [6.45, 7) is 4.16. The van der Waals surface area contributed by atoms with Crippen LogP contribution in [0.1, 0.15) is 31.1 Å². The molecule has 15 heavy (non-hydrogen) atoms. The summed E-state index contributed by atoms with van der Waals surface area (Å²) in [5.74, 6) is 1.06. The molecule has 1 aliphatic heterocycles. The fraction of sp³-hybridized carbons (Fsp3) is 0.231. The summed E-state index contributed by atoms with van der Waals surface area (Å²) in [6.07, 6.45) is 2.38. The Morgan fingerprint density at radius 1 is 1.27 bits per heavy atom. The van der Waals surface area contributed by atoms with Crippen molar-refractivity contribution in [3.05, 3.63) is 50.7 Å². The van der Waals surface area contributed by atoms with Gasteiger partial charge in [-0.1, -0.05) is 22.0 Å². The molecule has 0 fully saturated rings. The summed E-state index contributed by atoms with van der Waals surface area (Å²) in [5, 5.41) is 0. The van der Waals surface area contributed by atoms with Crippen molar-refractivity contribution in [2.45, 2.75) is 20.0 Å². The molecule has 2 aliphatic rings. The van der Waals surface area contributed by atoms with Gasteiger partial charge in [0.2, 0.25) is 0 Å². The van der Waals surface area contributed by atoms with E-state index in [0.29, 0.717) is 0 Å². The second kappa shape index (κ2) is 2.99. The first-order valence-electron chi connectivity index (χ1n) is 5.02. The van der Waals surface area contributed by atoms with E-state index in [1.165, 1.54) is 22.3 Å². The van der Waals surface area contributed by atoms with Crippen LogP contribution in [-0.4, -0.2) is 0 Å². The van der Waals surface area contributed by atoms with E-state index in [-0.39, 0.29) is 6.10 Å². The van der Waals surface area contributed by atoms with Crippen LogP contribution in [0.3, 0.4) is 0 Å². The molecule has 0 amide bonds. The lowest BCUT2D eigenvalue weighted by Gasteiger charge is -2.10. The van der Waals surface area contributed by atoms with Crippen LogP contribution < -0.4 is 0 Å². The van der Waals surface area contributed by atoms with Crippen molar-refractivity contribution >= 4 is 22.0 Å². The number of rotatable bonds is 0. The van der Waals surface area contributed by atoms with Crippen molar-refractivity contribution in [3.8, 4) is 0 Å². The van der Waals surface area contributed by atoms with E-state index < -0.39 is 0 Å². The zero-order valence-electron chi connectivity index (χ0n) is 8.67. The molecule has 1 aliphatic carbocycles. The molecule has 1 unspecified atom stereocenters. The summed E-state index contributed by atoms with van der Waals surface area (Å²) in [6, 6.07) is 6.36. The third-order valence-corrected chi connectivity index (χ3v) is 3.67. The van der Waals surface area contributed by atoms with Crippen LogP contribution in [0.2, 0.25) is 0 Å². The Morgan fingerprint density at radius 2 is 2.07 bits per heavy atom. The molecule has 0 saturated carbocycles. The van der Waals surface area contributed by atoms with E-state index in [1.807, 2.05) is 6.92 Å². The molecule has 2 heteroatoms. The second-order valence-electron chi connectivity index (χ2n) is 4.05. The van der Waals surface area contributed by atoms with Crippen LogP contribution in [0.15, 0.2) is 39.6 Å². The van der Waals surface area contributed by atoms with Crippen LogP contribution in [0.5, 0.6) is 0 Å². The monoisotopic (exact) mass is 262 g/mol. The third kappa shape index (κ3) is 1.21. The van der Waals surface area contributed by atoms with Crippen molar-refractivity contribution in [2.75, 3.05) is 0 Å². The van der Waals surface area contributed by atoms with Crippen LogP contribution in [0.25, 0.3) is 6.08 Å². The number of allylic oxidation sites excluding steroid dienone is 1. The molecule has 1 atom stereocenters. The largest absolute Gasteiger partial charge is 0.485 e. The number of hydrogen-bond donors (Lipinski definition) is 0. The average molecular weight is 263 g/mol. The normalized spacial score (nSPS) is 22.3. The van der Waals surface area contributed by atoms with E-state index in [9.17, 15) is 0 Å². The zero-order chi connectivity index (χ0) is 10.6. The average Bonchev–Trinajstić information content (AvgIpc) is 2.66. The van der Waals surface area contributed by atoms with E-state index in [4.69, 9.17) is 4.74 Å². The first kappa shape index (κ1) is 9.22. The smallest absolute Gasteiger partial charge is 0.149 e. The Labute approximate surface area is 97.6 Å². The molecule has 3 rings (SSSR count). The van der Waals surface area contributed by atoms with Crippen molar-refractivity contribution in [3.63, 3.8) is 0 Å². The Hall–Kier alpha value is -1.02. The summed E-state index contributed by atoms with van der Waals surface area (Å²) in [5.41, 5.74) is 5.16. The van der Waals surface area contributed by atoms with E-state index >= 15 is 0 Å². The molecular formula is C13H11BrO. The Kier molecular flexibility index (Phi) is 1.84. The Bertz CT molecular complexity index is 511. The maximum absolute atomic E-state index is 5.86. The van der Waals surface area contributed by atoms with Gasteiger partial charge >= 0.3 is 0 Å². The predicted octanol–water partition coefficient (Wildman–Crippen LogP) is 4.21. The van der Waals surface area contributed by atoms with Gasteiger partial charge in [0.15, 0.2) is 0 Å². The number of halogens is 1. The Morgan fingerprint density at radius 3 is 2.87 bits per heavy atom. The zero-order valence-corrected chi connectivity index (χ0v) is 10.3. The van der Waals surface area contributed by atoms with Crippen molar-refractivity contribution in [1.29, 1.82) is 0 Å². The molecule has 0 saturated heterocycles. The molecule has 1 aromatic rings. The van der Waals surface area contributed by atoms with Gasteiger partial charge in [-0.05, 0) is 43.2 Å². The maximum Gasteiger partial charge on any atom is 0.149 e. The van der Waals surface area contributed by atoms with E-state index in [1.54, 1.807) is 0 Å². The van der Waals surface area contributed by atoms with Gasteiger partial charge in [0.05, 0.1) is 5.76 Å². The first-order chi connectivity index (χ1) is 7.16. The summed E-state index contributed by atoms with van der Waals surface area (Å²) < 4.78 is 6.98. The molecule has 0 bridgehead atoms. The SMILES string of the molecule is CC1=C(C)C2=Cc3cc(Br)ccc3C2O1. The second-order valence-corrected chi connectivity index (χ2v) is 4.97. The number of fused-ring (bicyclic) bond motifs is 3. The van der Waals surface area contributed by atoms with Crippen LogP contribution in [0.4, 0.5) is 0 Å². The third-order valence-electron chi connectivity index (χ3n) is 3.18. The molecule has 1 heterocycles. The molecule has 0 radical (unpaired) electrons. The fourth-order valence-corrected chi connectivity index (χ4v) is 2.60. The molecule has 1 aromatic carbocycles. The van der Waals surface area contributed by atoms with Crippen LogP contribution in [0, 0.1) is 0 Å². The predicted molar refractivity (Wildman–Crippen MR) is 64.3 cm³/mol.